The molecule has 4 heteroatoms. The van der Waals surface area contributed by atoms with E-state index < -0.39 is 0 Å². The van der Waals surface area contributed by atoms with Crippen molar-refractivity contribution in [3.8, 4) is 0 Å². The molecule has 0 atom stereocenters. The van der Waals surface area contributed by atoms with Gasteiger partial charge in [-0.25, -0.2) is 4.98 Å². The molecule has 1 aromatic rings. The van der Waals surface area contributed by atoms with Crippen LogP contribution < -0.4 is 10.6 Å². The van der Waals surface area contributed by atoms with Crippen LogP contribution >= 0.6 is 22.6 Å². The summed E-state index contributed by atoms with van der Waals surface area (Å²) < 4.78 is 1.18. The summed E-state index contributed by atoms with van der Waals surface area (Å²) in [6.07, 6.45) is 4.06. The fourth-order valence-electron chi connectivity index (χ4n) is 1.68. The first-order valence-corrected chi connectivity index (χ1v) is 5.95. The Labute approximate surface area is 97.8 Å². The average Bonchev–Trinajstić information content (AvgIpc) is 2.21. The number of hydrogen-bond acceptors (Lipinski definition) is 3. The molecule has 0 spiro atoms. The fourth-order valence-corrected chi connectivity index (χ4v) is 2.00. The molecule has 2 heterocycles. The molecule has 2 rings (SSSR count). The predicted molar refractivity (Wildman–Crippen MR) is 66.4 cm³/mol. The molecule has 0 aliphatic carbocycles. The van der Waals surface area contributed by atoms with Crippen LogP contribution in [0.25, 0.3) is 0 Å². The first kappa shape index (κ1) is 10.2. The van der Waals surface area contributed by atoms with E-state index in [2.05, 4.69) is 44.6 Å². The van der Waals surface area contributed by atoms with E-state index in [0.717, 1.165) is 31.7 Å². The lowest BCUT2D eigenvalue weighted by Gasteiger charge is -2.30. The second kappa shape index (κ2) is 4.44. The zero-order valence-electron chi connectivity index (χ0n) is 7.99. The zero-order chi connectivity index (χ0) is 9.97. The van der Waals surface area contributed by atoms with Crippen molar-refractivity contribution in [3.63, 3.8) is 0 Å². The predicted octanol–water partition coefficient (Wildman–Crippen LogP) is 1.61. The molecule has 76 valence electrons. The first-order valence-electron chi connectivity index (χ1n) is 4.88. The van der Waals surface area contributed by atoms with Crippen LogP contribution in [-0.2, 0) is 0 Å². The Balaban J connectivity index is 2.05. The Bertz CT molecular complexity index is 291. The Hall–Kier alpha value is -0.360. The van der Waals surface area contributed by atoms with Gasteiger partial charge in [0.05, 0.1) is 0 Å². The molecule has 1 fully saturated rings. The Morgan fingerprint density at radius 1 is 1.36 bits per heavy atom. The normalized spacial score (nSPS) is 18.6. The molecule has 0 bridgehead atoms. The molecule has 3 nitrogen and oxygen atoms in total. The molecule has 0 unspecified atom stereocenters. The number of halogens is 1. The van der Waals surface area contributed by atoms with Gasteiger partial charge >= 0.3 is 0 Å². The largest absolute Gasteiger partial charge is 0.357 e. The SMILES string of the molecule is NC1CCN(c2ccc(I)cn2)CC1. The number of piperidine rings is 1. The molecule has 0 amide bonds. The van der Waals surface area contributed by atoms with Crippen molar-refractivity contribution in [2.24, 2.45) is 5.73 Å². The number of pyridine rings is 1. The van der Waals surface area contributed by atoms with Crippen LogP contribution in [0.1, 0.15) is 12.8 Å². The maximum absolute atomic E-state index is 5.85. The van der Waals surface area contributed by atoms with Gasteiger partial charge in [-0.2, -0.15) is 0 Å². The maximum Gasteiger partial charge on any atom is 0.128 e. The number of anilines is 1. The summed E-state index contributed by atoms with van der Waals surface area (Å²) in [5.74, 6) is 1.08. The smallest absolute Gasteiger partial charge is 0.128 e. The lowest BCUT2D eigenvalue weighted by molar-refractivity contribution is 0.498. The van der Waals surface area contributed by atoms with Crippen molar-refractivity contribution in [1.82, 2.24) is 4.98 Å². The minimum atomic E-state index is 0.384. The van der Waals surface area contributed by atoms with Gasteiger partial charge in [0.15, 0.2) is 0 Å². The third kappa shape index (κ3) is 2.36. The molecule has 1 aromatic heterocycles. The van der Waals surface area contributed by atoms with E-state index in [0.29, 0.717) is 6.04 Å². The van der Waals surface area contributed by atoms with Crippen LogP contribution in [0.2, 0.25) is 0 Å². The molecule has 1 saturated heterocycles. The lowest BCUT2D eigenvalue weighted by Crippen LogP contribution is -2.40. The first-order chi connectivity index (χ1) is 6.75. The van der Waals surface area contributed by atoms with Gasteiger partial charge in [0.25, 0.3) is 0 Å². The van der Waals surface area contributed by atoms with Gasteiger partial charge < -0.3 is 10.6 Å². The minimum absolute atomic E-state index is 0.384. The summed E-state index contributed by atoms with van der Waals surface area (Å²) in [5.41, 5.74) is 5.85. The summed E-state index contributed by atoms with van der Waals surface area (Å²) in [7, 11) is 0. The van der Waals surface area contributed by atoms with Crippen LogP contribution in [0, 0.1) is 3.57 Å². The van der Waals surface area contributed by atoms with Crippen LogP contribution in [0.15, 0.2) is 18.3 Å². The number of hydrogen-bond donors (Lipinski definition) is 1. The third-order valence-corrected chi connectivity index (χ3v) is 3.21. The Morgan fingerprint density at radius 2 is 2.07 bits per heavy atom. The molecular weight excluding hydrogens is 289 g/mol. The number of rotatable bonds is 1. The van der Waals surface area contributed by atoms with Crippen LogP contribution in [0.5, 0.6) is 0 Å². The monoisotopic (exact) mass is 303 g/mol. The van der Waals surface area contributed by atoms with Crippen molar-refractivity contribution < 1.29 is 0 Å². The number of aromatic nitrogens is 1. The summed E-state index contributed by atoms with van der Waals surface area (Å²) >= 11 is 2.27. The van der Waals surface area contributed by atoms with Gasteiger partial charge in [-0.1, -0.05) is 0 Å². The van der Waals surface area contributed by atoms with E-state index in [1.54, 1.807) is 0 Å². The molecular formula is C10H14IN3. The second-order valence-corrected chi connectivity index (χ2v) is 4.90. The standard InChI is InChI=1S/C10H14IN3/c11-8-1-2-10(13-7-8)14-5-3-9(12)4-6-14/h1-2,7,9H,3-6,12H2. The van der Waals surface area contributed by atoms with Crippen LogP contribution in [0.3, 0.4) is 0 Å². The minimum Gasteiger partial charge on any atom is -0.357 e. The molecule has 0 saturated carbocycles. The van der Waals surface area contributed by atoms with Gasteiger partial charge in [-0.15, -0.1) is 0 Å². The van der Waals surface area contributed by atoms with Crippen molar-refractivity contribution in [2.45, 2.75) is 18.9 Å². The molecule has 0 aromatic carbocycles. The average molecular weight is 303 g/mol. The van der Waals surface area contributed by atoms with Crippen molar-refractivity contribution >= 4 is 28.4 Å². The molecule has 1 aliphatic rings. The second-order valence-electron chi connectivity index (χ2n) is 3.66. The van der Waals surface area contributed by atoms with Gasteiger partial charge in [-0.3, -0.25) is 0 Å². The highest BCUT2D eigenvalue weighted by molar-refractivity contribution is 14.1. The van der Waals surface area contributed by atoms with Crippen molar-refractivity contribution in [1.29, 1.82) is 0 Å². The van der Waals surface area contributed by atoms with Crippen molar-refractivity contribution in [2.75, 3.05) is 18.0 Å². The summed E-state index contributed by atoms with van der Waals surface area (Å²) in [5, 5.41) is 0. The van der Waals surface area contributed by atoms with Crippen molar-refractivity contribution in [3.05, 3.63) is 21.9 Å². The highest BCUT2D eigenvalue weighted by Gasteiger charge is 2.16. The Kier molecular flexibility index (Phi) is 3.22. The van der Waals surface area contributed by atoms with E-state index in [1.165, 1.54) is 3.57 Å². The fraction of sp³-hybridized carbons (Fsp3) is 0.500. The van der Waals surface area contributed by atoms with Crippen LogP contribution in [0.4, 0.5) is 5.82 Å². The van der Waals surface area contributed by atoms with Gasteiger partial charge in [0.1, 0.15) is 5.82 Å². The van der Waals surface area contributed by atoms with E-state index in [9.17, 15) is 0 Å². The third-order valence-electron chi connectivity index (χ3n) is 2.58. The number of nitrogens with zero attached hydrogens (tertiary/aromatic N) is 2. The maximum atomic E-state index is 5.85. The van der Waals surface area contributed by atoms with E-state index in [4.69, 9.17) is 5.73 Å². The summed E-state index contributed by atoms with van der Waals surface area (Å²) in [6, 6.07) is 4.56. The quantitative estimate of drug-likeness (QED) is 0.802. The topological polar surface area (TPSA) is 42.1 Å². The van der Waals surface area contributed by atoms with Crippen LogP contribution in [-0.4, -0.2) is 24.1 Å². The van der Waals surface area contributed by atoms with E-state index in [-0.39, 0.29) is 0 Å². The molecule has 14 heavy (non-hydrogen) atoms. The van der Waals surface area contributed by atoms with E-state index in [1.807, 2.05) is 6.20 Å². The van der Waals surface area contributed by atoms with Gasteiger partial charge in [0, 0.05) is 28.9 Å². The van der Waals surface area contributed by atoms with Gasteiger partial charge in [-0.05, 0) is 47.6 Å². The Morgan fingerprint density at radius 3 is 2.64 bits per heavy atom. The molecule has 1 aliphatic heterocycles. The highest BCUT2D eigenvalue weighted by Crippen LogP contribution is 2.17. The molecule has 2 N–H and O–H groups in total. The molecule has 0 radical (unpaired) electrons. The summed E-state index contributed by atoms with van der Waals surface area (Å²) in [6.45, 7) is 2.07. The number of nitrogens with two attached hydrogens (primary N) is 1. The van der Waals surface area contributed by atoms with E-state index >= 15 is 0 Å². The summed E-state index contributed by atoms with van der Waals surface area (Å²) in [4.78, 5) is 6.71. The highest BCUT2D eigenvalue weighted by atomic mass is 127. The zero-order valence-corrected chi connectivity index (χ0v) is 10.1. The lowest BCUT2D eigenvalue weighted by atomic mass is 10.1. The van der Waals surface area contributed by atoms with Gasteiger partial charge in [0.2, 0.25) is 0 Å².